The summed E-state index contributed by atoms with van der Waals surface area (Å²) in [4.78, 5) is 27.1. The highest BCUT2D eigenvalue weighted by Gasteiger charge is 2.45. The summed E-state index contributed by atoms with van der Waals surface area (Å²) in [7, 11) is 2.31. The zero-order valence-corrected chi connectivity index (χ0v) is 27.1. The van der Waals surface area contributed by atoms with E-state index in [4.69, 9.17) is 14.7 Å². The molecule has 7 nitrogen and oxygen atoms in total. The van der Waals surface area contributed by atoms with Gasteiger partial charge in [-0.2, -0.15) is 0 Å². The Labute approximate surface area is 267 Å². The SMILES string of the molecule is CN1C2CCC1c1c(-c3ccc(C4=CN=C([C@@H]5CCCN5C(=O)OC(C)(C)C)C4)cc3)ccc(C3=CN=C([C@@H]4CCCN4)C3)c12. The van der Waals surface area contributed by atoms with Crippen LogP contribution >= 0.6 is 0 Å². The van der Waals surface area contributed by atoms with Gasteiger partial charge in [0.05, 0.1) is 6.04 Å². The molecule has 6 aliphatic heterocycles. The van der Waals surface area contributed by atoms with Gasteiger partial charge in [-0.1, -0.05) is 36.4 Å². The third-order valence-corrected chi connectivity index (χ3v) is 10.8. The highest BCUT2D eigenvalue weighted by atomic mass is 16.6. The monoisotopic (exact) mass is 603 g/mol. The van der Waals surface area contributed by atoms with E-state index in [2.05, 4.69) is 59.9 Å². The van der Waals surface area contributed by atoms with Gasteiger partial charge >= 0.3 is 6.09 Å². The van der Waals surface area contributed by atoms with Crippen LogP contribution in [-0.2, 0) is 4.74 Å². The van der Waals surface area contributed by atoms with E-state index in [1.165, 1.54) is 70.4 Å². The van der Waals surface area contributed by atoms with E-state index in [0.717, 1.165) is 44.5 Å². The number of carbonyl (C=O) groups excluding carboxylic acids is 1. The molecule has 234 valence electrons. The first-order chi connectivity index (χ1) is 21.7. The number of benzene rings is 2. The van der Waals surface area contributed by atoms with E-state index in [-0.39, 0.29) is 12.1 Å². The number of nitrogens with zero attached hydrogens (tertiary/aromatic N) is 4. The van der Waals surface area contributed by atoms with Crippen LogP contribution in [0.25, 0.3) is 22.3 Å². The first-order valence-electron chi connectivity index (χ1n) is 17.0. The molecule has 0 aromatic heterocycles. The van der Waals surface area contributed by atoms with Gasteiger partial charge in [0, 0.05) is 61.3 Å². The van der Waals surface area contributed by atoms with E-state index in [0.29, 0.717) is 18.1 Å². The number of hydrogen-bond donors (Lipinski definition) is 1. The van der Waals surface area contributed by atoms with Crippen LogP contribution in [0.5, 0.6) is 0 Å². The summed E-state index contributed by atoms with van der Waals surface area (Å²) in [5.74, 6) is 0. The van der Waals surface area contributed by atoms with Crippen molar-refractivity contribution in [1.82, 2.24) is 15.1 Å². The van der Waals surface area contributed by atoms with Gasteiger partial charge in [-0.25, -0.2) is 4.79 Å². The number of allylic oxidation sites excluding steroid dienone is 2. The second kappa shape index (κ2) is 11.1. The molecular formula is C38H45N5O2. The molecule has 2 unspecified atom stereocenters. The minimum absolute atomic E-state index is 0.0206. The van der Waals surface area contributed by atoms with Gasteiger partial charge in [0.25, 0.3) is 0 Å². The van der Waals surface area contributed by atoms with Crippen molar-refractivity contribution in [3.05, 3.63) is 71.1 Å². The maximum Gasteiger partial charge on any atom is 0.410 e. The molecule has 3 saturated heterocycles. The highest BCUT2D eigenvalue weighted by Crippen LogP contribution is 2.57. The first kappa shape index (κ1) is 28.9. The third-order valence-electron chi connectivity index (χ3n) is 10.8. The topological polar surface area (TPSA) is 69.5 Å². The van der Waals surface area contributed by atoms with Gasteiger partial charge in [0.2, 0.25) is 0 Å². The Morgan fingerprint density at radius 2 is 1.47 bits per heavy atom. The zero-order chi connectivity index (χ0) is 30.9. The maximum atomic E-state index is 12.9. The maximum absolute atomic E-state index is 12.9. The largest absolute Gasteiger partial charge is 0.444 e. The lowest BCUT2D eigenvalue weighted by Crippen LogP contribution is -2.43. The van der Waals surface area contributed by atoms with Crippen LogP contribution in [-0.4, -0.2) is 65.1 Å². The van der Waals surface area contributed by atoms with Crippen LogP contribution in [0, 0.1) is 0 Å². The summed E-state index contributed by atoms with van der Waals surface area (Å²) in [5, 5.41) is 3.64. The van der Waals surface area contributed by atoms with E-state index in [1.54, 1.807) is 5.56 Å². The lowest BCUT2D eigenvalue weighted by molar-refractivity contribution is 0.0265. The molecule has 45 heavy (non-hydrogen) atoms. The molecule has 4 atom stereocenters. The molecule has 0 spiro atoms. The van der Waals surface area contributed by atoms with Crippen molar-refractivity contribution in [3.8, 4) is 11.1 Å². The number of fused-ring (bicyclic) bond motifs is 5. The molecule has 2 bridgehead atoms. The molecule has 0 saturated carbocycles. The molecule has 6 aliphatic rings. The quantitative estimate of drug-likeness (QED) is 0.380. The molecule has 1 N–H and O–H groups in total. The second-order valence-corrected chi connectivity index (χ2v) is 14.7. The number of ether oxygens (including phenoxy) is 1. The second-order valence-electron chi connectivity index (χ2n) is 14.7. The number of aliphatic imine (C=N–C) groups is 2. The van der Waals surface area contributed by atoms with Crippen molar-refractivity contribution in [2.75, 3.05) is 20.1 Å². The smallest absolute Gasteiger partial charge is 0.410 e. The number of nitrogens with one attached hydrogen (secondary N) is 1. The number of likely N-dealkylation sites (tertiary alicyclic amines) is 1. The summed E-state index contributed by atoms with van der Waals surface area (Å²) in [6, 6.07) is 15.3. The molecule has 1 amide bonds. The summed E-state index contributed by atoms with van der Waals surface area (Å²) in [5.41, 5.74) is 12.8. The Bertz CT molecular complexity index is 1650. The van der Waals surface area contributed by atoms with E-state index >= 15 is 0 Å². The van der Waals surface area contributed by atoms with Crippen molar-refractivity contribution in [1.29, 1.82) is 0 Å². The fourth-order valence-electron chi connectivity index (χ4n) is 8.66. The van der Waals surface area contributed by atoms with Gasteiger partial charge in [-0.05, 0) is 117 Å². The van der Waals surface area contributed by atoms with Crippen LogP contribution in [0.1, 0.15) is 106 Å². The molecule has 7 heteroatoms. The Hall–Kier alpha value is -3.55. The molecule has 2 aromatic rings. The van der Waals surface area contributed by atoms with Gasteiger partial charge in [-0.3, -0.25) is 19.8 Å². The molecule has 0 aliphatic carbocycles. The lowest BCUT2D eigenvalue weighted by Gasteiger charge is -2.28. The Kier molecular flexibility index (Phi) is 7.10. The van der Waals surface area contributed by atoms with E-state index in [1.807, 2.05) is 31.9 Å². The van der Waals surface area contributed by atoms with Crippen LogP contribution in [0.2, 0.25) is 0 Å². The van der Waals surface area contributed by atoms with Crippen LogP contribution in [0.4, 0.5) is 4.79 Å². The fraction of sp³-hybridized carbons (Fsp3) is 0.500. The Morgan fingerprint density at radius 3 is 2.20 bits per heavy atom. The summed E-state index contributed by atoms with van der Waals surface area (Å²) < 4.78 is 5.70. The molecule has 0 radical (unpaired) electrons. The minimum atomic E-state index is -0.499. The summed E-state index contributed by atoms with van der Waals surface area (Å²) >= 11 is 0. The number of rotatable bonds is 5. The van der Waals surface area contributed by atoms with Crippen LogP contribution in [0.15, 0.2) is 58.8 Å². The number of hydrogen-bond acceptors (Lipinski definition) is 6. The predicted octanol–water partition coefficient (Wildman–Crippen LogP) is 7.70. The summed E-state index contributed by atoms with van der Waals surface area (Å²) in [6.45, 7) is 7.60. The molecule has 8 rings (SSSR count). The standard InChI is InChI=1S/C38H45N5O2/c1-38(2,3)45-37(44)43-18-6-8-32(43)31-19-25(21-41-31)23-9-11-24(12-10-23)27-13-14-28(36-34-16-15-33(35(27)36)42(34)4)26-20-30(40-22-26)29-7-5-17-39-29/h9-14,21-22,29,32-34,39H,5-8,15-20H2,1-4H3/t29-,32-,33?,34?/m0/s1. The normalized spacial score (nSPS) is 27.5. The van der Waals surface area contributed by atoms with Crippen molar-refractivity contribution in [2.45, 2.75) is 102 Å². The van der Waals surface area contributed by atoms with Crippen LogP contribution in [0.3, 0.4) is 0 Å². The minimum Gasteiger partial charge on any atom is -0.444 e. The Balaban J connectivity index is 1.01. The predicted molar refractivity (Wildman–Crippen MR) is 181 cm³/mol. The molecular weight excluding hydrogens is 558 g/mol. The van der Waals surface area contributed by atoms with Crippen molar-refractivity contribution < 1.29 is 9.53 Å². The van der Waals surface area contributed by atoms with Gasteiger partial charge < -0.3 is 10.1 Å². The molecule has 3 fully saturated rings. The molecule has 2 aromatic carbocycles. The first-order valence-corrected chi connectivity index (χ1v) is 17.0. The van der Waals surface area contributed by atoms with Gasteiger partial charge in [0.15, 0.2) is 0 Å². The highest BCUT2D eigenvalue weighted by molar-refractivity contribution is 6.03. The lowest BCUT2D eigenvalue weighted by atomic mass is 9.80. The zero-order valence-electron chi connectivity index (χ0n) is 27.1. The number of amides is 1. The average molecular weight is 604 g/mol. The van der Waals surface area contributed by atoms with Gasteiger partial charge in [0.1, 0.15) is 5.60 Å². The van der Waals surface area contributed by atoms with Crippen LogP contribution < -0.4 is 5.32 Å². The third kappa shape index (κ3) is 5.08. The molecule has 6 heterocycles. The van der Waals surface area contributed by atoms with Crippen molar-refractivity contribution in [2.24, 2.45) is 9.98 Å². The fourth-order valence-corrected chi connectivity index (χ4v) is 8.66. The van der Waals surface area contributed by atoms with E-state index in [9.17, 15) is 4.79 Å². The van der Waals surface area contributed by atoms with E-state index < -0.39 is 5.60 Å². The van der Waals surface area contributed by atoms with Crippen molar-refractivity contribution in [3.63, 3.8) is 0 Å². The van der Waals surface area contributed by atoms with Gasteiger partial charge in [-0.15, -0.1) is 0 Å². The number of carbonyl (C=O) groups is 1. The average Bonchev–Trinajstić information content (AvgIpc) is 3.87. The van der Waals surface area contributed by atoms with Crippen molar-refractivity contribution >= 4 is 28.7 Å². The Morgan fingerprint density at radius 1 is 0.800 bits per heavy atom. The summed E-state index contributed by atoms with van der Waals surface area (Å²) in [6.07, 6.45) is 12.5.